The van der Waals surface area contributed by atoms with Crippen LogP contribution in [0.2, 0.25) is 0 Å². The Hall–Kier alpha value is -3.32. The molecule has 7 nitrogen and oxygen atoms in total. The van der Waals surface area contributed by atoms with E-state index >= 15 is 0 Å². The first-order chi connectivity index (χ1) is 18.6. The van der Waals surface area contributed by atoms with E-state index in [0.717, 1.165) is 28.7 Å². The summed E-state index contributed by atoms with van der Waals surface area (Å²) in [6, 6.07) is 5.68. The fourth-order valence-corrected chi connectivity index (χ4v) is 6.92. The lowest BCUT2D eigenvalue weighted by molar-refractivity contribution is -0.117. The fourth-order valence-electron chi connectivity index (χ4n) is 6.92. The van der Waals surface area contributed by atoms with Gasteiger partial charge in [0.1, 0.15) is 22.7 Å². The van der Waals surface area contributed by atoms with Crippen LogP contribution in [0.25, 0.3) is 0 Å². The molecule has 0 aromatic heterocycles. The maximum absolute atomic E-state index is 12.6. The monoisotopic (exact) mass is 548 g/mol. The molecule has 3 N–H and O–H groups in total. The largest absolute Gasteiger partial charge is 0.504 e. The first-order valence-corrected chi connectivity index (χ1v) is 14.1. The van der Waals surface area contributed by atoms with Crippen LogP contribution in [0.15, 0.2) is 46.0 Å². The third kappa shape index (κ3) is 4.89. The summed E-state index contributed by atoms with van der Waals surface area (Å²) in [5, 5.41) is 32.4. The highest BCUT2D eigenvalue weighted by atomic mass is 16.5. The summed E-state index contributed by atoms with van der Waals surface area (Å²) in [7, 11) is 0. The highest BCUT2D eigenvalue weighted by Gasteiger charge is 2.51. The minimum atomic E-state index is -1.01. The second kappa shape index (κ2) is 9.65. The lowest BCUT2D eigenvalue weighted by Crippen LogP contribution is -2.57. The number of aliphatic hydroxyl groups is 1. The average molecular weight is 549 g/mol. The summed E-state index contributed by atoms with van der Waals surface area (Å²) in [6.07, 6.45) is 6.29. The molecular weight excluding hydrogens is 508 g/mol. The van der Waals surface area contributed by atoms with Crippen LogP contribution in [-0.4, -0.2) is 32.6 Å². The van der Waals surface area contributed by atoms with E-state index in [1.807, 2.05) is 27.7 Å². The van der Waals surface area contributed by atoms with E-state index in [4.69, 9.17) is 9.47 Å². The molecule has 5 rings (SSSR count). The van der Waals surface area contributed by atoms with Gasteiger partial charge in [-0.1, -0.05) is 26.0 Å². The smallest absolute Gasteiger partial charge is 0.223 e. The Bertz CT molecular complexity index is 1510. The molecule has 0 bridgehead atoms. The van der Waals surface area contributed by atoms with E-state index < -0.39 is 28.2 Å². The number of aliphatic hydroxyl groups excluding tert-OH is 1. The molecule has 2 aliphatic heterocycles. The summed E-state index contributed by atoms with van der Waals surface area (Å²) in [4.78, 5) is 25.0. The van der Waals surface area contributed by atoms with E-state index in [1.165, 1.54) is 24.3 Å². The molecular formula is C33H40O7. The van der Waals surface area contributed by atoms with Crippen LogP contribution >= 0.6 is 0 Å². The predicted octanol–water partition coefficient (Wildman–Crippen LogP) is 4.88. The van der Waals surface area contributed by atoms with Crippen molar-refractivity contribution in [1.82, 2.24) is 0 Å². The fraction of sp³-hybridized carbons (Fsp3) is 0.515. The molecule has 0 amide bonds. The number of hydrogen-bond donors (Lipinski definition) is 3. The number of fused-ring (bicyclic) bond motifs is 4. The lowest BCUT2D eigenvalue weighted by atomic mass is 9.67. The first-order valence-electron chi connectivity index (χ1n) is 14.1. The first kappa shape index (κ1) is 28.2. The zero-order valence-electron chi connectivity index (χ0n) is 24.2. The Morgan fingerprint density at radius 2 is 1.32 bits per heavy atom. The number of aromatic hydroxyl groups is 2. The van der Waals surface area contributed by atoms with Gasteiger partial charge in [0.15, 0.2) is 11.5 Å². The molecule has 5 atom stereocenters. The normalized spacial score (nSPS) is 30.7. The third-order valence-electron chi connectivity index (χ3n) is 9.56. The molecule has 0 saturated heterocycles. The van der Waals surface area contributed by atoms with Crippen molar-refractivity contribution >= 4 is 0 Å². The van der Waals surface area contributed by atoms with Crippen LogP contribution in [0.3, 0.4) is 0 Å². The quantitative estimate of drug-likeness (QED) is 0.402. The summed E-state index contributed by atoms with van der Waals surface area (Å²) in [5.41, 5.74) is 0.287. The number of hydrogen-bond acceptors (Lipinski definition) is 7. The minimum Gasteiger partial charge on any atom is -0.504 e. The van der Waals surface area contributed by atoms with E-state index in [-0.39, 0.29) is 28.7 Å². The summed E-state index contributed by atoms with van der Waals surface area (Å²) in [5.74, 6) is 0.0238. The maximum Gasteiger partial charge on any atom is 0.223 e. The van der Waals surface area contributed by atoms with Gasteiger partial charge in [-0.3, -0.25) is 9.59 Å². The van der Waals surface area contributed by atoms with Gasteiger partial charge in [-0.25, -0.2) is 0 Å². The van der Waals surface area contributed by atoms with Crippen LogP contribution in [0.5, 0.6) is 23.0 Å². The number of allylic oxidation sites excluding steroid dienone is 1. The van der Waals surface area contributed by atoms with Crippen molar-refractivity contribution in [3.05, 3.63) is 79.1 Å². The van der Waals surface area contributed by atoms with Crippen molar-refractivity contribution in [2.45, 2.75) is 91.0 Å². The molecule has 1 aliphatic carbocycles. The molecule has 2 aromatic rings. The van der Waals surface area contributed by atoms with Gasteiger partial charge in [-0.2, -0.15) is 0 Å². The maximum atomic E-state index is 12.6. The Labute approximate surface area is 235 Å². The van der Waals surface area contributed by atoms with E-state index in [9.17, 15) is 24.9 Å². The molecule has 0 radical (unpaired) electrons. The predicted molar refractivity (Wildman–Crippen MR) is 153 cm³/mol. The highest BCUT2D eigenvalue weighted by Crippen LogP contribution is 2.49. The van der Waals surface area contributed by atoms with E-state index in [1.54, 1.807) is 0 Å². The Morgan fingerprint density at radius 3 is 1.90 bits per heavy atom. The molecule has 2 heterocycles. The van der Waals surface area contributed by atoms with Crippen molar-refractivity contribution in [2.24, 2.45) is 17.3 Å². The van der Waals surface area contributed by atoms with Crippen molar-refractivity contribution < 1.29 is 24.8 Å². The molecule has 2 aromatic carbocycles. The average Bonchev–Trinajstić information content (AvgIpc) is 3.01. The molecule has 40 heavy (non-hydrogen) atoms. The summed E-state index contributed by atoms with van der Waals surface area (Å²) in [6.45, 7) is 12.0. The molecule has 7 heteroatoms. The van der Waals surface area contributed by atoms with E-state index in [0.29, 0.717) is 37.2 Å². The van der Waals surface area contributed by atoms with Gasteiger partial charge >= 0.3 is 0 Å². The van der Waals surface area contributed by atoms with Crippen molar-refractivity contribution in [2.75, 3.05) is 0 Å². The Kier molecular flexibility index (Phi) is 6.81. The highest BCUT2D eigenvalue weighted by molar-refractivity contribution is 5.46. The van der Waals surface area contributed by atoms with Crippen LogP contribution in [-0.2, 0) is 12.8 Å². The molecule has 0 fully saturated rings. The molecule has 0 spiro atoms. The van der Waals surface area contributed by atoms with Gasteiger partial charge in [0, 0.05) is 30.4 Å². The van der Waals surface area contributed by atoms with Crippen molar-refractivity contribution in [3.63, 3.8) is 0 Å². The second-order valence-electron chi connectivity index (χ2n) is 13.2. The third-order valence-corrected chi connectivity index (χ3v) is 9.56. The van der Waals surface area contributed by atoms with Crippen molar-refractivity contribution in [3.8, 4) is 23.0 Å². The number of aryl methyl sites for hydroxylation is 2. The standard InChI is InChI=1S/C33H40O7/c1-18-10-24(34)26(36)15-28-22(18)12-20-14-30(38)33(6)21(17-31(3,4)8-7-9-32(20,5)39-28)13-23-19(2)11-25(35)27(37)16-29(23)40-33/h7-8,10-11,15-16,20-21,30,38H,9,12-14,17H2,1-6H3,(H,34,36)(H,35,37)/t20-,21+,30+,32-,33-/m1/s1. The zero-order chi connectivity index (χ0) is 29.2. The summed E-state index contributed by atoms with van der Waals surface area (Å²) >= 11 is 0. The van der Waals surface area contributed by atoms with Crippen LogP contribution < -0.4 is 20.3 Å². The van der Waals surface area contributed by atoms with Gasteiger partial charge in [-0.15, -0.1) is 0 Å². The van der Waals surface area contributed by atoms with Crippen molar-refractivity contribution in [1.29, 1.82) is 0 Å². The summed E-state index contributed by atoms with van der Waals surface area (Å²) < 4.78 is 13.2. The molecule has 0 saturated carbocycles. The van der Waals surface area contributed by atoms with Crippen LogP contribution in [0.1, 0.15) is 69.2 Å². The zero-order valence-corrected chi connectivity index (χ0v) is 24.2. The number of ether oxygens (including phenoxy) is 2. The lowest BCUT2D eigenvalue weighted by Gasteiger charge is -2.49. The topological polar surface area (TPSA) is 113 Å². The van der Waals surface area contributed by atoms with Gasteiger partial charge in [0.2, 0.25) is 10.9 Å². The van der Waals surface area contributed by atoms with E-state index in [2.05, 4.69) is 26.0 Å². The Balaban J connectivity index is 1.63. The van der Waals surface area contributed by atoms with Crippen LogP contribution in [0.4, 0.5) is 0 Å². The second-order valence-corrected chi connectivity index (χ2v) is 13.2. The molecule has 214 valence electrons. The molecule has 0 unspecified atom stereocenters. The SMILES string of the molecule is Cc1cc(O)c(=O)cc2c1C[C@H]1CC(C)(C)C=CC[C@@]3(C)Oc4cc(=O)c(O)cc(C)c4C[C@@H]3C[C@H](O)[C@]1(C)O2. The molecule has 3 aliphatic rings. The number of rotatable bonds is 0. The van der Waals surface area contributed by atoms with Gasteiger partial charge in [0.05, 0.1) is 6.10 Å². The minimum absolute atomic E-state index is 0.0753. The van der Waals surface area contributed by atoms with Crippen LogP contribution in [0, 0.1) is 31.1 Å². The van der Waals surface area contributed by atoms with Gasteiger partial charge in [-0.05, 0) is 93.2 Å². The van der Waals surface area contributed by atoms with Gasteiger partial charge in [0.25, 0.3) is 0 Å². The van der Waals surface area contributed by atoms with Gasteiger partial charge < -0.3 is 24.8 Å². The Morgan fingerprint density at radius 1 is 0.800 bits per heavy atom.